The van der Waals surface area contributed by atoms with E-state index in [4.69, 9.17) is 18.9 Å². The van der Waals surface area contributed by atoms with E-state index in [1.165, 1.54) is 6.42 Å². The van der Waals surface area contributed by atoms with Gasteiger partial charge >= 0.3 is 0 Å². The number of ether oxygens (including phenoxy) is 4. The Morgan fingerprint density at radius 2 is 1.27 bits per heavy atom. The Balaban J connectivity index is 1.61. The second-order valence-electron chi connectivity index (χ2n) is 8.34. The summed E-state index contributed by atoms with van der Waals surface area (Å²) in [6, 6.07) is 0. The van der Waals surface area contributed by atoms with E-state index in [1.807, 2.05) is 0 Å². The molecule has 0 amide bonds. The molecule has 1 aliphatic carbocycles. The van der Waals surface area contributed by atoms with Crippen molar-refractivity contribution in [3.8, 4) is 0 Å². The Morgan fingerprint density at radius 1 is 0.667 bits per heavy atom. The predicted molar refractivity (Wildman–Crippen MR) is 98.9 cm³/mol. The molecule has 0 aromatic carbocycles. The molecule has 11 heteroatoms. The first-order valence-corrected chi connectivity index (χ1v) is 10.6. The zero-order valence-corrected chi connectivity index (χ0v) is 16.8. The van der Waals surface area contributed by atoms with E-state index in [1.54, 1.807) is 0 Å². The van der Waals surface area contributed by atoms with E-state index < -0.39 is 74.6 Å². The van der Waals surface area contributed by atoms with E-state index in [9.17, 15) is 35.7 Å². The summed E-state index contributed by atoms with van der Waals surface area (Å²) in [5, 5.41) is 69.9. The van der Waals surface area contributed by atoms with Crippen molar-refractivity contribution in [2.45, 2.75) is 93.5 Å². The summed E-state index contributed by atoms with van der Waals surface area (Å²) in [5.74, 6) is 0.349. The molecule has 7 N–H and O–H groups in total. The molecule has 0 bridgehead atoms. The Labute approximate surface area is 174 Å². The van der Waals surface area contributed by atoms with Crippen LogP contribution in [-0.4, -0.2) is 117 Å². The zero-order valence-electron chi connectivity index (χ0n) is 16.8. The van der Waals surface area contributed by atoms with Crippen molar-refractivity contribution in [3.63, 3.8) is 0 Å². The Bertz CT molecular complexity index is 513. The molecule has 176 valence electrons. The van der Waals surface area contributed by atoms with Crippen molar-refractivity contribution >= 4 is 0 Å². The third-order valence-electron chi connectivity index (χ3n) is 6.18. The molecule has 0 spiro atoms. The first-order valence-electron chi connectivity index (χ1n) is 10.6. The summed E-state index contributed by atoms with van der Waals surface area (Å²) < 4.78 is 22.1. The molecule has 0 radical (unpaired) electrons. The molecule has 30 heavy (non-hydrogen) atoms. The highest BCUT2D eigenvalue weighted by Gasteiger charge is 2.50. The first kappa shape index (κ1) is 24.2. The molecular formula is C19H34O11. The average molecular weight is 438 g/mol. The van der Waals surface area contributed by atoms with Crippen molar-refractivity contribution in [2.75, 3.05) is 19.8 Å². The van der Waals surface area contributed by atoms with Crippen LogP contribution < -0.4 is 0 Å². The van der Waals surface area contributed by atoms with Crippen molar-refractivity contribution in [1.29, 1.82) is 0 Å². The maximum absolute atomic E-state index is 10.6. The summed E-state index contributed by atoms with van der Waals surface area (Å²) in [5.41, 5.74) is 0. The van der Waals surface area contributed by atoms with Crippen LogP contribution in [0, 0.1) is 5.92 Å². The second kappa shape index (κ2) is 10.9. The van der Waals surface area contributed by atoms with Gasteiger partial charge in [0.15, 0.2) is 12.6 Å². The fraction of sp³-hybridized carbons (Fsp3) is 1.00. The quantitative estimate of drug-likeness (QED) is 0.218. The maximum atomic E-state index is 10.6. The summed E-state index contributed by atoms with van der Waals surface area (Å²) in [6.07, 6.45) is -8.75. The highest BCUT2D eigenvalue weighted by Crippen LogP contribution is 2.30. The molecule has 3 aliphatic rings. The molecule has 2 aliphatic heterocycles. The lowest BCUT2D eigenvalue weighted by Gasteiger charge is -2.46. The van der Waals surface area contributed by atoms with Crippen LogP contribution in [-0.2, 0) is 18.9 Å². The van der Waals surface area contributed by atoms with Crippen LogP contribution in [0.4, 0.5) is 0 Å². The molecule has 11 nitrogen and oxygen atoms in total. The Hall–Kier alpha value is -0.440. The van der Waals surface area contributed by atoms with Gasteiger partial charge in [0.2, 0.25) is 0 Å². The first-order chi connectivity index (χ1) is 14.4. The topological polar surface area (TPSA) is 179 Å². The molecule has 0 aromatic heterocycles. The van der Waals surface area contributed by atoms with Crippen LogP contribution in [0.2, 0.25) is 0 Å². The molecule has 3 fully saturated rings. The summed E-state index contributed by atoms with van der Waals surface area (Å²) in [6.45, 7) is -0.850. The van der Waals surface area contributed by atoms with Gasteiger partial charge in [0.25, 0.3) is 0 Å². The minimum atomic E-state index is -1.69. The normalized spacial score (nSPS) is 46.1. The number of hydrogen-bond acceptors (Lipinski definition) is 11. The molecule has 6 unspecified atom stereocenters. The van der Waals surface area contributed by atoms with Crippen molar-refractivity contribution in [1.82, 2.24) is 0 Å². The highest BCUT2D eigenvalue weighted by molar-refractivity contribution is 4.94. The van der Waals surface area contributed by atoms with Crippen LogP contribution in [0.1, 0.15) is 32.1 Å². The van der Waals surface area contributed by atoms with Gasteiger partial charge in [-0.3, -0.25) is 0 Å². The highest BCUT2D eigenvalue weighted by atomic mass is 16.7. The SMILES string of the molecule is OC[C@H]1OC(OC2[C@H](O)C(O)C(OCC3CCCCC3)O[C@@H]2CO)C(O)[C@@H](O)C1O. The Kier molecular flexibility index (Phi) is 8.82. The maximum Gasteiger partial charge on any atom is 0.187 e. The summed E-state index contributed by atoms with van der Waals surface area (Å²) >= 11 is 0. The van der Waals surface area contributed by atoms with Crippen LogP contribution >= 0.6 is 0 Å². The van der Waals surface area contributed by atoms with Gasteiger partial charge in [-0.1, -0.05) is 19.3 Å². The molecule has 10 atom stereocenters. The lowest BCUT2D eigenvalue weighted by atomic mass is 9.90. The van der Waals surface area contributed by atoms with Crippen LogP contribution in [0.3, 0.4) is 0 Å². The molecule has 1 saturated carbocycles. The van der Waals surface area contributed by atoms with Crippen molar-refractivity contribution in [2.24, 2.45) is 5.92 Å². The van der Waals surface area contributed by atoms with Gasteiger partial charge in [-0.2, -0.15) is 0 Å². The van der Waals surface area contributed by atoms with Crippen molar-refractivity contribution < 1.29 is 54.7 Å². The average Bonchev–Trinajstić information content (AvgIpc) is 2.77. The van der Waals surface area contributed by atoms with Crippen LogP contribution in [0.25, 0.3) is 0 Å². The van der Waals surface area contributed by atoms with E-state index in [0.29, 0.717) is 12.5 Å². The van der Waals surface area contributed by atoms with E-state index >= 15 is 0 Å². The molecule has 2 saturated heterocycles. The van der Waals surface area contributed by atoms with Crippen LogP contribution in [0.5, 0.6) is 0 Å². The lowest BCUT2D eigenvalue weighted by molar-refractivity contribution is -0.360. The monoisotopic (exact) mass is 438 g/mol. The van der Waals surface area contributed by atoms with Crippen LogP contribution in [0.15, 0.2) is 0 Å². The second-order valence-corrected chi connectivity index (χ2v) is 8.34. The van der Waals surface area contributed by atoms with Gasteiger partial charge in [-0.05, 0) is 18.8 Å². The zero-order chi connectivity index (χ0) is 21.8. The van der Waals surface area contributed by atoms with Crippen molar-refractivity contribution in [3.05, 3.63) is 0 Å². The number of aliphatic hydroxyl groups is 7. The Morgan fingerprint density at radius 3 is 1.90 bits per heavy atom. The van der Waals surface area contributed by atoms with E-state index in [0.717, 1.165) is 25.7 Å². The van der Waals surface area contributed by atoms with Gasteiger partial charge < -0.3 is 54.7 Å². The lowest BCUT2D eigenvalue weighted by Crippen LogP contribution is -2.64. The standard InChI is InChI=1S/C19H34O11/c20-6-10-12(22)13(23)15(25)19(28-10)30-17-11(7-21)29-18(16(26)14(17)24)27-8-9-4-2-1-3-5-9/h9-26H,1-8H2/t10-,11-,12?,13+,14-,15?,16?,17?,18?,19?/m1/s1. The fourth-order valence-corrected chi connectivity index (χ4v) is 4.28. The van der Waals surface area contributed by atoms with Gasteiger partial charge in [0.05, 0.1) is 19.8 Å². The largest absolute Gasteiger partial charge is 0.394 e. The smallest absolute Gasteiger partial charge is 0.187 e. The van der Waals surface area contributed by atoms with E-state index in [-0.39, 0.29) is 0 Å². The number of hydrogen-bond donors (Lipinski definition) is 7. The summed E-state index contributed by atoms with van der Waals surface area (Å²) in [4.78, 5) is 0. The predicted octanol–water partition coefficient (Wildman–Crippen LogP) is -2.79. The van der Waals surface area contributed by atoms with E-state index in [2.05, 4.69) is 0 Å². The fourth-order valence-electron chi connectivity index (χ4n) is 4.28. The van der Waals surface area contributed by atoms with Gasteiger partial charge in [-0.25, -0.2) is 0 Å². The van der Waals surface area contributed by atoms with Gasteiger partial charge in [0.1, 0.15) is 48.8 Å². The minimum Gasteiger partial charge on any atom is -0.394 e. The number of aliphatic hydroxyl groups excluding tert-OH is 7. The third kappa shape index (κ3) is 5.30. The number of rotatable bonds is 7. The molecule has 2 heterocycles. The van der Waals surface area contributed by atoms with Gasteiger partial charge in [-0.15, -0.1) is 0 Å². The molecule has 0 aromatic rings. The third-order valence-corrected chi connectivity index (χ3v) is 6.18. The summed E-state index contributed by atoms with van der Waals surface area (Å²) in [7, 11) is 0. The molecular weight excluding hydrogens is 404 g/mol. The molecule has 3 rings (SSSR count). The minimum absolute atomic E-state index is 0.349. The van der Waals surface area contributed by atoms with Gasteiger partial charge in [0, 0.05) is 0 Å².